The molecule has 37 heavy (non-hydrogen) atoms. The van der Waals surface area contributed by atoms with Crippen molar-refractivity contribution in [1.29, 1.82) is 0 Å². The van der Waals surface area contributed by atoms with Crippen molar-refractivity contribution in [3.63, 3.8) is 0 Å². The zero-order valence-corrected chi connectivity index (χ0v) is 20.2. The highest BCUT2D eigenvalue weighted by atomic mass is 19.4. The third-order valence-corrected chi connectivity index (χ3v) is 7.38. The van der Waals surface area contributed by atoms with Gasteiger partial charge in [-0.05, 0) is 71.9 Å². The second kappa shape index (κ2) is 8.76. The smallest absolute Gasteiger partial charge is 0.320 e. The van der Waals surface area contributed by atoms with Crippen LogP contribution in [0.2, 0.25) is 0 Å². The van der Waals surface area contributed by atoms with Crippen LogP contribution in [0.5, 0.6) is 0 Å². The summed E-state index contributed by atoms with van der Waals surface area (Å²) < 4.78 is 43.3. The highest BCUT2D eigenvalue weighted by Gasteiger charge is 2.42. The first-order chi connectivity index (χ1) is 17.8. The van der Waals surface area contributed by atoms with Crippen molar-refractivity contribution in [3.8, 4) is 11.1 Å². The molecule has 3 aromatic rings. The summed E-state index contributed by atoms with van der Waals surface area (Å²) >= 11 is 0. The largest absolute Gasteiger partial charge is 0.418 e. The Bertz CT molecular complexity index is 1450. The maximum Gasteiger partial charge on any atom is 0.418 e. The van der Waals surface area contributed by atoms with Crippen LogP contribution in [0.3, 0.4) is 0 Å². The van der Waals surface area contributed by atoms with Gasteiger partial charge in [-0.2, -0.15) is 13.2 Å². The van der Waals surface area contributed by atoms with Crippen molar-refractivity contribution in [3.05, 3.63) is 109 Å². The van der Waals surface area contributed by atoms with Gasteiger partial charge in [-0.3, -0.25) is 4.98 Å². The first kappa shape index (κ1) is 23.3. The van der Waals surface area contributed by atoms with Gasteiger partial charge < -0.3 is 14.4 Å². The molecule has 1 aromatic carbocycles. The zero-order valence-electron chi connectivity index (χ0n) is 20.2. The second-order valence-corrected chi connectivity index (χ2v) is 9.61. The van der Waals surface area contributed by atoms with E-state index in [0.717, 1.165) is 47.1 Å². The van der Waals surface area contributed by atoms with Crippen molar-refractivity contribution in [2.24, 2.45) is 13.0 Å². The number of aromatic nitrogens is 4. The highest BCUT2D eigenvalue weighted by Crippen LogP contribution is 2.46. The number of aryl methyl sites for hydroxylation is 1. The Labute approximate surface area is 212 Å². The molecule has 1 atom stereocenters. The molecule has 0 spiro atoms. The van der Waals surface area contributed by atoms with E-state index in [1.54, 1.807) is 29.8 Å². The lowest BCUT2D eigenvalue weighted by molar-refractivity contribution is -0.0908. The number of benzene rings is 1. The predicted octanol–water partition coefficient (Wildman–Crippen LogP) is 6.26. The van der Waals surface area contributed by atoms with E-state index in [0.29, 0.717) is 11.7 Å². The van der Waals surface area contributed by atoms with E-state index in [2.05, 4.69) is 27.8 Å². The number of hydrogen-bond donors (Lipinski definition) is 0. The van der Waals surface area contributed by atoms with Gasteiger partial charge in [0.15, 0.2) is 0 Å². The first-order valence-electron chi connectivity index (χ1n) is 12.2. The van der Waals surface area contributed by atoms with Gasteiger partial charge in [0.2, 0.25) is 0 Å². The lowest BCUT2D eigenvalue weighted by Crippen LogP contribution is -2.25. The minimum absolute atomic E-state index is 0.0124. The van der Waals surface area contributed by atoms with E-state index < -0.39 is 11.7 Å². The van der Waals surface area contributed by atoms with Gasteiger partial charge in [-0.1, -0.05) is 19.1 Å². The molecule has 188 valence electrons. The van der Waals surface area contributed by atoms with Crippen LogP contribution >= 0.6 is 0 Å². The summed E-state index contributed by atoms with van der Waals surface area (Å²) in [4.78, 5) is 7.35. The predicted molar refractivity (Wildman–Crippen MR) is 135 cm³/mol. The molecule has 0 saturated heterocycles. The maximum atomic E-state index is 13.8. The summed E-state index contributed by atoms with van der Waals surface area (Å²) in [6.07, 6.45) is 9.65. The van der Waals surface area contributed by atoms with E-state index in [-0.39, 0.29) is 11.6 Å². The summed E-state index contributed by atoms with van der Waals surface area (Å²) in [5.41, 5.74) is 3.05. The topological polar surface area (TPSA) is 50.1 Å². The fraction of sp³-hybridized carbons (Fsp3) is 0.250. The van der Waals surface area contributed by atoms with Crippen LogP contribution in [-0.4, -0.2) is 30.8 Å². The van der Waals surface area contributed by atoms with Crippen molar-refractivity contribution in [1.82, 2.24) is 24.6 Å². The summed E-state index contributed by atoms with van der Waals surface area (Å²) in [5, 5.41) is 8.57. The molecule has 2 aromatic heterocycles. The molecule has 1 saturated carbocycles. The molecule has 9 heteroatoms. The number of allylic oxidation sites excluding steroid dienone is 3. The van der Waals surface area contributed by atoms with Gasteiger partial charge in [0.05, 0.1) is 11.3 Å². The summed E-state index contributed by atoms with van der Waals surface area (Å²) in [6, 6.07) is 10.0. The van der Waals surface area contributed by atoms with Crippen molar-refractivity contribution in [2.75, 3.05) is 4.90 Å². The molecule has 0 radical (unpaired) electrons. The van der Waals surface area contributed by atoms with E-state index in [9.17, 15) is 13.2 Å². The molecule has 4 heterocycles. The van der Waals surface area contributed by atoms with Gasteiger partial charge in [0, 0.05) is 43.4 Å². The third-order valence-electron chi connectivity index (χ3n) is 7.38. The molecule has 0 amide bonds. The normalized spacial score (nSPS) is 18.4. The van der Waals surface area contributed by atoms with Crippen LogP contribution in [0.15, 0.2) is 97.3 Å². The van der Waals surface area contributed by atoms with Crippen LogP contribution in [0.25, 0.3) is 11.1 Å². The van der Waals surface area contributed by atoms with Gasteiger partial charge in [0.25, 0.3) is 0 Å². The number of alkyl halides is 3. The van der Waals surface area contributed by atoms with Gasteiger partial charge >= 0.3 is 6.18 Å². The molecule has 0 N–H and O–H groups in total. The highest BCUT2D eigenvalue weighted by molar-refractivity contribution is 5.73. The standard InChI is InChI=1S/C28H25F3N6/c1-18-36-12-4-7-24(28(29,30)31)25(36)16-37(18)23-14-21(19-8-10-32-11-9-19)13-22(15-23)26(20-5-3-6-20)27-34-33-17-35(27)2/h4,7-17,20,26H,1,3,5-6H2,2H3. The molecule has 1 fully saturated rings. The summed E-state index contributed by atoms with van der Waals surface area (Å²) in [6.45, 7) is 4.13. The van der Waals surface area contributed by atoms with E-state index >= 15 is 0 Å². The van der Waals surface area contributed by atoms with E-state index in [4.69, 9.17) is 0 Å². The SMILES string of the molecule is C=C1N2C=CC=C(C(F)(F)F)C2=CN1c1cc(-c2ccncc2)cc(C(c2nncn2C)C2CCC2)c1. The van der Waals surface area contributed by atoms with Gasteiger partial charge in [-0.25, -0.2) is 0 Å². The fourth-order valence-corrected chi connectivity index (χ4v) is 5.30. The molecule has 0 bridgehead atoms. The molecule has 6 nitrogen and oxygen atoms in total. The van der Waals surface area contributed by atoms with Crippen LogP contribution in [0.1, 0.15) is 36.6 Å². The number of halogens is 3. The Morgan fingerprint density at radius 3 is 2.49 bits per heavy atom. The Balaban J connectivity index is 1.50. The Hall–Kier alpha value is -4.14. The number of anilines is 1. The lowest BCUT2D eigenvalue weighted by Gasteiger charge is -2.34. The number of fused-ring (bicyclic) bond motifs is 1. The average molecular weight is 503 g/mol. The maximum absolute atomic E-state index is 13.8. The minimum atomic E-state index is -4.48. The van der Waals surface area contributed by atoms with Crippen LogP contribution in [-0.2, 0) is 7.05 Å². The van der Waals surface area contributed by atoms with Crippen LogP contribution in [0, 0.1) is 5.92 Å². The molecular formula is C28H25F3N6. The van der Waals surface area contributed by atoms with Gasteiger partial charge in [0.1, 0.15) is 18.0 Å². The minimum Gasteiger partial charge on any atom is -0.320 e. The van der Waals surface area contributed by atoms with E-state index in [1.165, 1.54) is 23.6 Å². The van der Waals surface area contributed by atoms with Crippen molar-refractivity contribution in [2.45, 2.75) is 31.4 Å². The van der Waals surface area contributed by atoms with E-state index in [1.807, 2.05) is 35.9 Å². The quantitative estimate of drug-likeness (QED) is 0.412. The first-order valence-corrected chi connectivity index (χ1v) is 12.2. The third kappa shape index (κ3) is 4.04. The molecule has 3 aliphatic rings. The molecular weight excluding hydrogens is 477 g/mol. The number of nitrogens with zero attached hydrogens (tertiary/aromatic N) is 6. The summed E-state index contributed by atoms with van der Waals surface area (Å²) in [7, 11) is 1.94. The molecule has 1 aliphatic carbocycles. The number of pyridine rings is 1. The molecule has 6 rings (SSSR count). The summed E-state index contributed by atoms with van der Waals surface area (Å²) in [5.74, 6) is 1.73. The average Bonchev–Trinajstić information content (AvgIpc) is 3.43. The van der Waals surface area contributed by atoms with Crippen LogP contribution in [0.4, 0.5) is 18.9 Å². The second-order valence-electron chi connectivity index (χ2n) is 9.61. The van der Waals surface area contributed by atoms with Crippen LogP contribution < -0.4 is 4.90 Å². The lowest BCUT2D eigenvalue weighted by atomic mass is 9.72. The zero-order chi connectivity index (χ0) is 25.7. The molecule has 2 aliphatic heterocycles. The van der Waals surface area contributed by atoms with Crippen molar-refractivity contribution >= 4 is 5.69 Å². The fourth-order valence-electron chi connectivity index (χ4n) is 5.30. The Morgan fingerprint density at radius 2 is 1.84 bits per heavy atom. The van der Waals surface area contributed by atoms with Gasteiger partial charge in [-0.15, -0.1) is 10.2 Å². The Kier molecular flexibility index (Phi) is 5.51. The monoisotopic (exact) mass is 502 g/mol. The number of rotatable bonds is 5. The number of hydrogen-bond acceptors (Lipinski definition) is 5. The van der Waals surface area contributed by atoms with Crippen molar-refractivity contribution < 1.29 is 13.2 Å². The molecule has 1 unspecified atom stereocenters. The Morgan fingerprint density at radius 1 is 1.05 bits per heavy atom.